The van der Waals surface area contributed by atoms with E-state index in [1.165, 1.54) is 0 Å². The SMILES string of the molecule is CCNCc1coc(N(CC)CC)n1. The number of anilines is 1. The van der Waals surface area contributed by atoms with Crippen LogP contribution in [0.3, 0.4) is 0 Å². The third kappa shape index (κ3) is 2.73. The van der Waals surface area contributed by atoms with Gasteiger partial charge in [-0.25, -0.2) is 0 Å². The summed E-state index contributed by atoms with van der Waals surface area (Å²) in [5.74, 6) is 0. The van der Waals surface area contributed by atoms with Crippen molar-refractivity contribution in [2.45, 2.75) is 27.3 Å². The van der Waals surface area contributed by atoms with Gasteiger partial charge in [-0.2, -0.15) is 4.98 Å². The van der Waals surface area contributed by atoms with Crippen LogP contribution in [0.1, 0.15) is 26.5 Å². The van der Waals surface area contributed by atoms with Crippen LogP contribution in [0, 0.1) is 0 Å². The zero-order chi connectivity index (χ0) is 10.4. The molecule has 1 rings (SSSR count). The van der Waals surface area contributed by atoms with Crippen molar-refractivity contribution in [2.24, 2.45) is 0 Å². The van der Waals surface area contributed by atoms with Gasteiger partial charge in [-0.05, 0) is 20.4 Å². The topological polar surface area (TPSA) is 41.3 Å². The maximum absolute atomic E-state index is 5.38. The molecule has 0 aliphatic carbocycles. The molecular formula is C10H19N3O. The van der Waals surface area contributed by atoms with Gasteiger partial charge in [0.25, 0.3) is 6.01 Å². The Labute approximate surface area is 85.3 Å². The molecule has 1 aromatic heterocycles. The third-order valence-electron chi connectivity index (χ3n) is 2.13. The number of hydrogen-bond acceptors (Lipinski definition) is 4. The van der Waals surface area contributed by atoms with E-state index in [1.807, 2.05) is 0 Å². The van der Waals surface area contributed by atoms with E-state index in [9.17, 15) is 0 Å². The van der Waals surface area contributed by atoms with Crippen molar-refractivity contribution in [1.82, 2.24) is 10.3 Å². The van der Waals surface area contributed by atoms with Gasteiger partial charge in [0, 0.05) is 19.6 Å². The molecule has 0 bridgehead atoms. The Balaban J connectivity index is 2.57. The quantitative estimate of drug-likeness (QED) is 0.752. The van der Waals surface area contributed by atoms with Crippen molar-refractivity contribution >= 4 is 6.01 Å². The van der Waals surface area contributed by atoms with Crippen LogP contribution in [-0.4, -0.2) is 24.6 Å². The normalized spacial score (nSPS) is 10.5. The summed E-state index contributed by atoms with van der Waals surface area (Å²) in [6, 6.07) is 0.725. The molecule has 1 aromatic rings. The molecule has 4 nitrogen and oxygen atoms in total. The minimum absolute atomic E-state index is 0.725. The first-order valence-electron chi connectivity index (χ1n) is 5.21. The van der Waals surface area contributed by atoms with Crippen molar-refractivity contribution in [1.29, 1.82) is 0 Å². The highest BCUT2D eigenvalue weighted by atomic mass is 16.4. The van der Waals surface area contributed by atoms with Crippen LogP contribution < -0.4 is 10.2 Å². The fourth-order valence-corrected chi connectivity index (χ4v) is 1.27. The van der Waals surface area contributed by atoms with E-state index in [0.717, 1.165) is 37.9 Å². The second-order valence-corrected chi connectivity index (χ2v) is 3.07. The molecule has 0 aromatic carbocycles. The highest BCUT2D eigenvalue weighted by Crippen LogP contribution is 2.12. The summed E-state index contributed by atoms with van der Waals surface area (Å²) < 4.78 is 5.38. The number of nitrogens with zero attached hydrogens (tertiary/aromatic N) is 2. The Morgan fingerprint density at radius 3 is 2.64 bits per heavy atom. The lowest BCUT2D eigenvalue weighted by Gasteiger charge is -2.14. The van der Waals surface area contributed by atoms with Gasteiger partial charge in [-0.15, -0.1) is 0 Å². The van der Waals surface area contributed by atoms with Crippen molar-refractivity contribution in [3.63, 3.8) is 0 Å². The molecule has 0 saturated heterocycles. The van der Waals surface area contributed by atoms with E-state index in [4.69, 9.17) is 4.42 Å². The van der Waals surface area contributed by atoms with Gasteiger partial charge in [0.05, 0.1) is 5.69 Å². The van der Waals surface area contributed by atoms with Crippen LogP contribution >= 0.6 is 0 Å². The zero-order valence-corrected chi connectivity index (χ0v) is 9.21. The fourth-order valence-electron chi connectivity index (χ4n) is 1.27. The largest absolute Gasteiger partial charge is 0.432 e. The van der Waals surface area contributed by atoms with Gasteiger partial charge in [-0.1, -0.05) is 6.92 Å². The molecule has 0 atom stereocenters. The molecule has 80 valence electrons. The fraction of sp³-hybridized carbons (Fsp3) is 0.700. The first-order chi connectivity index (χ1) is 6.81. The molecule has 1 heterocycles. The van der Waals surface area contributed by atoms with Crippen molar-refractivity contribution in [3.05, 3.63) is 12.0 Å². The van der Waals surface area contributed by atoms with Gasteiger partial charge in [0.15, 0.2) is 0 Å². The van der Waals surface area contributed by atoms with Crippen LogP contribution in [0.4, 0.5) is 6.01 Å². The lowest BCUT2D eigenvalue weighted by molar-refractivity contribution is 0.538. The number of oxazole rings is 1. The molecule has 0 saturated carbocycles. The molecule has 4 heteroatoms. The molecule has 0 spiro atoms. The summed E-state index contributed by atoms with van der Waals surface area (Å²) >= 11 is 0. The van der Waals surface area contributed by atoms with Crippen molar-refractivity contribution < 1.29 is 4.42 Å². The summed E-state index contributed by atoms with van der Waals surface area (Å²) in [6.07, 6.45) is 1.72. The molecule has 0 fully saturated rings. The summed E-state index contributed by atoms with van der Waals surface area (Å²) in [4.78, 5) is 6.48. The summed E-state index contributed by atoms with van der Waals surface area (Å²) in [7, 11) is 0. The maximum Gasteiger partial charge on any atom is 0.297 e. The predicted molar refractivity (Wildman–Crippen MR) is 57.4 cm³/mol. The lowest BCUT2D eigenvalue weighted by Crippen LogP contribution is -2.22. The Morgan fingerprint density at radius 2 is 2.07 bits per heavy atom. The van der Waals surface area contributed by atoms with E-state index < -0.39 is 0 Å². The van der Waals surface area contributed by atoms with Gasteiger partial charge in [0.1, 0.15) is 6.26 Å². The Kier molecular flexibility index (Phi) is 4.46. The molecule has 0 unspecified atom stereocenters. The average Bonchev–Trinajstić information content (AvgIpc) is 2.65. The van der Waals surface area contributed by atoms with Crippen molar-refractivity contribution in [3.8, 4) is 0 Å². The molecule has 14 heavy (non-hydrogen) atoms. The Morgan fingerprint density at radius 1 is 1.36 bits per heavy atom. The monoisotopic (exact) mass is 197 g/mol. The van der Waals surface area contributed by atoms with Crippen LogP contribution in [0.25, 0.3) is 0 Å². The van der Waals surface area contributed by atoms with Gasteiger partial charge < -0.3 is 14.6 Å². The van der Waals surface area contributed by atoms with Gasteiger partial charge >= 0.3 is 0 Å². The van der Waals surface area contributed by atoms with Crippen LogP contribution in [0.15, 0.2) is 10.7 Å². The number of nitrogens with one attached hydrogen (secondary N) is 1. The third-order valence-corrected chi connectivity index (χ3v) is 2.13. The van der Waals surface area contributed by atoms with E-state index >= 15 is 0 Å². The summed E-state index contributed by atoms with van der Waals surface area (Å²) in [5, 5.41) is 3.21. The van der Waals surface area contributed by atoms with E-state index in [1.54, 1.807) is 6.26 Å². The number of hydrogen-bond donors (Lipinski definition) is 1. The Hall–Kier alpha value is -1.03. The van der Waals surface area contributed by atoms with E-state index in [-0.39, 0.29) is 0 Å². The van der Waals surface area contributed by atoms with Crippen LogP contribution in [-0.2, 0) is 6.54 Å². The minimum atomic E-state index is 0.725. The molecule has 0 aliphatic heterocycles. The van der Waals surface area contributed by atoms with Crippen molar-refractivity contribution in [2.75, 3.05) is 24.5 Å². The zero-order valence-electron chi connectivity index (χ0n) is 9.21. The molecule has 0 amide bonds. The Bertz CT molecular complexity index is 256. The average molecular weight is 197 g/mol. The van der Waals surface area contributed by atoms with Crippen LogP contribution in [0.5, 0.6) is 0 Å². The standard InChI is InChI=1S/C10H19N3O/c1-4-11-7-9-8-14-10(12-9)13(5-2)6-3/h8,11H,4-7H2,1-3H3. The second kappa shape index (κ2) is 5.65. The highest BCUT2D eigenvalue weighted by molar-refractivity contribution is 5.25. The second-order valence-electron chi connectivity index (χ2n) is 3.07. The first-order valence-corrected chi connectivity index (χ1v) is 5.21. The smallest absolute Gasteiger partial charge is 0.297 e. The summed E-state index contributed by atoms with van der Waals surface area (Å²) in [6.45, 7) is 9.85. The highest BCUT2D eigenvalue weighted by Gasteiger charge is 2.08. The van der Waals surface area contributed by atoms with E-state index in [0.29, 0.717) is 0 Å². The first kappa shape index (κ1) is 11.0. The van der Waals surface area contributed by atoms with Crippen LogP contribution in [0.2, 0.25) is 0 Å². The molecule has 0 aliphatic rings. The number of aromatic nitrogens is 1. The molecular weight excluding hydrogens is 178 g/mol. The lowest BCUT2D eigenvalue weighted by atomic mass is 10.5. The summed E-state index contributed by atoms with van der Waals surface area (Å²) in [5.41, 5.74) is 0.966. The van der Waals surface area contributed by atoms with E-state index in [2.05, 4.69) is 36.0 Å². The molecule has 1 N–H and O–H groups in total. The number of rotatable bonds is 6. The molecule has 0 radical (unpaired) electrons. The predicted octanol–water partition coefficient (Wildman–Crippen LogP) is 1.63. The van der Waals surface area contributed by atoms with Gasteiger partial charge in [-0.3, -0.25) is 0 Å². The minimum Gasteiger partial charge on any atom is -0.432 e. The maximum atomic E-state index is 5.38. The van der Waals surface area contributed by atoms with Gasteiger partial charge in [0.2, 0.25) is 0 Å².